The third kappa shape index (κ3) is 3.80. The van der Waals surface area contributed by atoms with Crippen molar-refractivity contribution >= 4 is 11.6 Å². The number of rotatable bonds is 6. The largest absolute Gasteiger partial charge is 0.490 e. The molecule has 1 aromatic carbocycles. The van der Waals surface area contributed by atoms with E-state index in [0.717, 1.165) is 0 Å². The molecule has 0 saturated carbocycles. The summed E-state index contributed by atoms with van der Waals surface area (Å²) < 4.78 is 10.8. The fourth-order valence-corrected chi connectivity index (χ4v) is 1.60. The van der Waals surface area contributed by atoms with Gasteiger partial charge in [-0.2, -0.15) is 5.26 Å². The number of nitriles is 1. The Kier molecular flexibility index (Phi) is 5.76. The van der Waals surface area contributed by atoms with Crippen LogP contribution in [0.25, 0.3) is 0 Å². The average Bonchev–Trinajstić information content (AvgIpc) is 2.37. The van der Waals surface area contributed by atoms with Crippen LogP contribution in [-0.4, -0.2) is 24.4 Å². The molecule has 0 aliphatic heterocycles. The highest BCUT2D eigenvalue weighted by atomic mass is 35.5. The molecule has 0 radical (unpaired) electrons. The van der Waals surface area contributed by atoms with Crippen LogP contribution in [0.5, 0.6) is 11.5 Å². The molecular weight excluding hydrogens is 254 g/mol. The standard InChI is InChI=1S/C13H16ClNO3/c1-3-10(16)8-18-13-11(14)5-9(7-15)6-12(13)17-4-2/h5-6,10,16H,3-4,8H2,1-2H3/t10-/m1/s1. The first kappa shape index (κ1) is 14.6. The van der Waals surface area contributed by atoms with Crippen LogP contribution in [0, 0.1) is 11.3 Å². The predicted octanol–water partition coefficient (Wildman–Crippen LogP) is 2.76. The van der Waals surface area contributed by atoms with Crippen LogP contribution in [0.15, 0.2) is 12.1 Å². The Morgan fingerprint density at radius 3 is 2.67 bits per heavy atom. The van der Waals surface area contributed by atoms with Gasteiger partial charge in [-0.25, -0.2) is 0 Å². The number of hydrogen-bond donors (Lipinski definition) is 1. The Morgan fingerprint density at radius 2 is 2.11 bits per heavy atom. The molecule has 1 aromatic rings. The summed E-state index contributed by atoms with van der Waals surface area (Å²) in [5.41, 5.74) is 0.409. The van der Waals surface area contributed by atoms with Gasteiger partial charge in [-0.15, -0.1) is 0 Å². The Labute approximate surface area is 112 Å². The quantitative estimate of drug-likeness (QED) is 0.863. The lowest BCUT2D eigenvalue weighted by Crippen LogP contribution is -2.16. The monoisotopic (exact) mass is 269 g/mol. The van der Waals surface area contributed by atoms with Crippen LogP contribution in [0.1, 0.15) is 25.8 Å². The fraction of sp³-hybridized carbons (Fsp3) is 0.462. The summed E-state index contributed by atoms with van der Waals surface area (Å²) in [6.45, 7) is 4.27. The maximum Gasteiger partial charge on any atom is 0.179 e. The number of halogens is 1. The lowest BCUT2D eigenvalue weighted by atomic mass is 10.2. The second-order valence-electron chi connectivity index (χ2n) is 3.70. The van der Waals surface area contributed by atoms with Crippen molar-refractivity contribution in [1.29, 1.82) is 5.26 Å². The minimum absolute atomic E-state index is 0.141. The topological polar surface area (TPSA) is 62.5 Å². The minimum atomic E-state index is -0.550. The Bertz CT molecular complexity index is 443. The van der Waals surface area contributed by atoms with E-state index in [0.29, 0.717) is 35.1 Å². The predicted molar refractivity (Wildman–Crippen MR) is 69.1 cm³/mol. The minimum Gasteiger partial charge on any atom is -0.490 e. The Balaban J connectivity index is 2.97. The van der Waals surface area contributed by atoms with Gasteiger partial charge < -0.3 is 14.6 Å². The summed E-state index contributed by atoms with van der Waals surface area (Å²) in [4.78, 5) is 0. The van der Waals surface area contributed by atoms with Crippen molar-refractivity contribution in [3.8, 4) is 17.6 Å². The summed E-state index contributed by atoms with van der Waals surface area (Å²) in [6.07, 6.45) is 0.0453. The lowest BCUT2D eigenvalue weighted by molar-refractivity contribution is 0.102. The normalized spacial score (nSPS) is 11.7. The van der Waals surface area contributed by atoms with Crippen molar-refractivity contribution in [2.24, 2.45) is 0 Å². The van der Waals surface area contributed by atoms with E-state index >= 15 is 0 Å². The maximum atomic E-state index is 9.47. The molecule has 0 heterocycles. The summed E-state index contributed by atoms with van der Waals surface area (Å²) in [5.74, 6) is 0.787. The third-order valence-corrected chi connectivity index (χ3v) is 2.61. The van der Waals surface area contributed by atoms with E-state index in [1.807, 2.05) is 19.9 Å². The van der Waals surface area contributed by atoms with E-state index in [-0.39, 0.29) is 6.61 Å². The molecule has 18 heavy (non-hydrogen) atoms. The molecule has 0 saturated heterocycles. The highest BCUT2D eigenvalue weighted by molar-refractivity contribution is 6.32. The van der Waals surface area contributed by atoms with E-state index in [1.54, 1.807) is 6.07 Å². The summed E-state index contributed by atoms with van der Waals surface area (Å²) >= 11 is 6.04. The van der Waals surface area contributed by atoms with Gasteiger partial charge in [-0.3, -0.25) is 0 Å². The van der Waals surface area contributed by atoms with Gasteiger partial charge in [0.1, 0.15) is 6.61 Å². The molecule has 98 valence electrons. The van der Waals surface area contributed by atoms with Crippen molar-refractivity contribution < 1.29 is 14.6 Å². The van der Waals surface area contributed by atoms with Crippen molar-refractivity contribution in [3.05, 3.63) is 22.7 Å². The van der Waals surface area contributed by atoms with E-state index in [1.165, 1.54) is 6.07 Å². The van der Waals surface area contributed by atoms with E-state index in [4.69, 9.17) is 26.3 Å². The molecule has 0 fully saturated rings. The molecule has 4 nitrogen and oxygen atoms in total. The average molecular weight is 270 g/mol. The van der Waals surface area contributed by atoms with Gasteiger partial charge in [0.2, 0.25) is 0 Å². The lowest BCUT2D eigenvalue weighted by Gasteiger charge is -2.15. The first-order valence-electron chi connectivity index (χ1n) is 5.79. The van der Waals surface area contributed by atoms with Gasteiger partial charge in [-0.05, 0) is 19.4 Å². The summed E-state index contributed by atoms with van der Waals surface area (Å²) in [7, 11) is 0. The number of hydrogen-bond acceptors (Lipinski definition) is 4. The SMILES string of the molecule is CCOc1cc(C#N)cc(Cl)c1OC[C@H](O)CC. The molecule has 0 aromatic heterocycles. The molecule has 0 spiro atoms. The molecule has 0 amide bonds. The Hall–Kier alpha value is -1.44. The Morgan fingerprint density at radius 1 is 1.39 bits per heavy atom. The number of aliphatic hydroxyl groups excluding tert-OH is 1. The second-order valence-corrected chi connectivity index (χ2v) is 4.11. The molecule has 0 aliphatic carbocycles. The molecule has 0 aliphatic rings. The van der Waals surface area contributed by atoms with Crippen molar-refractivity contribution in [3.63, 3.8) is 0 Å². The van der Waals surface area contributed by atoms with Crippen LogP contribution in [0.2, 0.25) is 5.02 Å². The van der Waals surface area contributed by atoms with Crippen molar-refractivity contribution in [2.45, 2.75) is 26.4 Å². The zero-order valence-corrected chi connectivity index (χ0v) is 11.2. The number of ether oxygens (including phenoxy) is 2. The van der Waals surface area contributed by atoms with Gasteiger partial charge >= 0.3 is 0 Å². The maximum absolute atomic E-state index is 9.47. The number of nitrogens with zero attached hydrogens (tertiary/aromatic N) is 1. The molecule has 1 rings (SSSR count). The van der Waals surface area contributed by atoms with E-state index < -0.39 is 6.10 Å². The van der Waals surface area contributed by atoms with E-state index in [2.05, 4.69) is 0 Å². The summed E-state index contributed by atoms with van der Waals surface area (Å²) in [6, 6.07) is 5.08. The van der Waals surface area contributed by atoms with Crippen LogP contribution >= 0.6 is 11.6 Å². The molecule has 1 atom stereocenters. The fourth-order valence-electron chi connectivity index (χ4n) is 1.33. The molecule has 0 unspecified atom stereocenters. The van der Waals surface area contributed by atoms with Crippen LogP contribution in [0.4, 0.5) is 0 Å². The molecule has 0 bridgehead atoms. The van der Waals surface area contributed by atoms with Gasteiger partial charge in [0.05, 0.1) is 29.4 Å². The van der Waals surface area contributed by atoms with Crippen LogP contribution in [0.3, 0.4) is 0 Å². The molecule has 1 N–H and O–H groups in total. The third-order valence-electron chi connectivity index (χ3n) is 2.33. The first-order chi connectivity index (χ1) is 8.62. The highest BCUT2D eigenvalue weighted by Gasteiger charge is 2.14. The van der Waals surface area contributed by atoms with Crippen LogP contribution in [-0.2, 0) is 0 Å². The second kappa shape index (κ2) is 7.10. The van der Waals surface area contributed by atoms with Gasteiger partial charge in [0.25, 0.3) is 0 Å². The van der Waals surface area contributed by atoms with E-state index in [9.17, 15) is 5.11 Å². The smallest absolute Gasteiger partial charge is 0.179 e. The zero-order chi connectivity index (χ0) is 13.5. The number of aliphatic hydroxyl groups is 1. The van der Waals surface area contributed by atoms with Gasteiger partial charge in [0.15, 0.2) is 11.5 Å². The van der Waals surface area contributed by atoms with Crippen molar-refractivity contribution in [2.75, 3.05) is 13.2 Å². The number of benzene rings is 1. The summed E-state index contributed by atoms with van der Waals surface area (Å²) in [5, 5.41) is 18.6. The molecular formula is C13H16ClNO3. The van der Waals surface area contributed by atoms with Gasteiger partial charge in [-0.1, -0.05) is 18.5 Å². The van der Waals surface area contributed by atoms with Crippen LogP contribution < -0.4 is 9.47 Å². The van der Waals surface area contributed by atoms with Gasteiger partial charge in [0, 0.05) is 6.07 Å². The highest BCUT2D eigenvalue weighted by Crippen LogP contribution is 2.36. The van der Waals surface area contributed by atoms with Crippen molar-refractivity contribution in [1.82, 2.24) is 0 Å². The zero-order valence-electron chi connectivity index (χ0n) is 10.4. The molecule has 5 heteroatoms. The first-order valence-corrected chi connectivity index (χ1v) is 6.17.